The summed E-state index contributed by atoms with van der Waals surface area (Å²) in [5.41, 5.74) is -0.00370. The van der Waals surface area contributed by atoms with Gasteiger partial charge in [-0.3, -0.25) is 4.90 Å². The smallest absolute Gasteiger partial charge is 0.111 e. The van der Waals surface area contributed by atoms with Crippen molar-refractivity contribution in [1.29, 1.82) is 0 Å². The van der Waals surface area contributed by atoms with Crippen LogP contribution in [0.4, 0.5) is 0 Å². The van der Waals surface area contributed by atoms with Crippen LogP contribution in [0.2, 0.25) is 0 Å². The molecule has 0 aromatic carbocycles. The van der Waals surface area contributed by atoms with E-state index < -0.39 is 0 Å². The zero-order valence-corrected chi connectivity index (χ0v) is 8.76. The lowest BCUT2D eigenvalue weighted by molar-refractivity contribution is -0.138. The summed E-state index contributed by atoms with van der Waals surface area (Å²) in [6, 6.07) is 0. The molecular formula is C10H21NO. The van der Waals surface area contributed by atoms with Crippen LogP contribution in [-0.4, -0.2) is 30.3 Å². The second kappa shape index (κ2) is 3.75. The summed E-state index contributed by atoms with van der Waals surface area (Å²) in [5.74, 6) is 0. The van der Waals surface area contributed by atoms with E-state index in [-0.39, 0.29) is 5.60 Å². The van der Waals surface area contributed by atoms with E-state index in [1.54, 1.807) is 0 Å². The van der Waals surface area contributed by atoms with E-state index in [2.05, 4.69) is 32.7 Å². The molecule has 1 aliphatic heterocycles. The largest absolute Gasteiger partial charge is 0.358 e. The molecule has 12 heavy (non-hydrogen) atoms. The van der Waals surface area contributed by atoms with Gasteiger partial charge in [0.1, 0.15) is 6.23 Å². The second-order valence-electron chi connectivity index (χ2n) is 4.66. The number of piperidine rings is 1. The van der Waals surface area contributed by atoms with Crippen molar-refractivity contribution in [3.8, 4) is 0 Å². The van der Waals surface area contributed by atoms with Gasteiger partial charge in [0, 0.05) is 6.54 Å². The average molecular weight is 171 g/mol. The molecule has 0 N–H and O–H groups in total. The maximum absolute atomic E-state index is 5.92. The molecule has 1 heterocycles. The number of nitrogens with zero attached hydrogens (tertiary/aromatic N) is 1. The Kier molecular flexibility index (Phi) is 3.13. The fourth-order valence-electron chi connectivity index (χ4n) is 1.60. The number of hydrogen-bond donors (Lipinski definition) is 0. The molecule has 2 heteroatoms. The van der Waals surface area contributed by atoms with Gasteiger partial charge in [-0.1, -0.05) is 0 Å². The Hall–Kier alpha value is -0.0800. The van der Waals surface area contributed by atoms with Gasteiger partial charge in [-0.15, -0.1) is 0 Å². The Balaban J connectivity index is 2.39. The highest BCUT2D eigenvalue weighted by Crippen LogP contribution is 2.21. The molecule has 0 aromatic rings. The van der Waals surface area contributed by atoms with E-state index >= 15 is 0 Å². The first-order valence-corrected chi connectivity index (χ1v) is 4.87. The third kappa shape index (κ3) is 3.11. The lowest BCUT2D eigenvalue weighted by Crippen LogP contribution is -2.42. The molecule has 1 atom stereocenters. The number of ether oxygens (including phenoxy) is 1. The maximum atomic E-state index is 5.92. The quantitative estimate of drug-likeness (QED) is 0.600. The number of likely N-dealkylation sites (tertiary alicyclic amines) is 1. The van der Waals surface area contributed by atoms with Crippen molar-refractivity contribution in [2.75, 3.05) is 13.6 Å². The van der Waals surface area contributed by atoms with Crippen molar-refractivity contribution >= 4 is 0 Å². The van der Waals surface area contributed by atoms with Gasteiger partial charge in [-0.05, 0) is 47.1 Å². The predicted molar refractivity (Wildman–Crippen MR) is 51.1 cm³/mol. The molecule has 0 saturated carbocycles. The van der Waals surface area contributed by atoms with Crippen LogP contribution in [0.3, 0.4) is 0 Å². The van der Waals surface area contributed by atoms with Crippen LogP contribution in [-0.2, 0) is 4.74 Å². The summed E-state index contributed by atoms with van der Waals surface area (Å²) >= 11 is 0. The van der Waals surface area contributed by atoms with Gasteiger partial charge in [0.05, 0.1) is 5.60 Å². The van der Waals surface area contributed by atoms with E-state index in [1.807, 2.05) is 0 Å². The summed E-state index contributed by atoms with van der Waals surface area (Å²) < 4.78 is 5.92. The lowest BCUT2D eigenvalue weighted by atomic mass is 10.1. The molecule has 0 spiro atoms. The first-order chi connectivity index (χ1) is 5.49. The van der Waals surface area contributed by atoms with Gasteiger partial charge < -0.3 is 4.74 Å². The van der Waals surface area contributed by atoms with Gasteiger partial charge in [-0.2, -0.15) is 0 Å². The predicted octanol–water partition coefficient (Wildman–Crippen LogP) is 2.24. The maximum Gasteiger partial charge on any atom is 0.111 e. The first-order valence-electron chi connectivity index (χ1n) is 4.87. The van der Waals surface area contributed by atoms with Crippen LogP contribution in [0.1, 0.15) is 40.0 Å². The molecule has 0 radical (unpaired) electrons. The minimum Gasteiger partial charge on any atom is -0.358 e. The summed E-state index contributed by atoms with van der Waals surface area (Å²) in [7, 11) is 2.15. The average Bonchev–Trinajstić information content (AvgIpc) is 1.91. The van der Waals surface area contributed by atoms with E-state index in [9.17, 15) is 0 Å². The molecule has 0 unspecified atom stereocenters. The Morgan fingerprint density at radius 3 is 2.42 bits per heavy atom. The Morgan fingerprint density at radius 1 is 1.25 bits per heavy atom. The van der Waals surface area contributed by atoms with Crippen molar-refractivity contribution < 1.29 is 4.74 Å². The molecule has 0 amide bonds. The fourth-order valence-corrected chi connectivity index (χ4v) is 1.60. The monoisotopic (exact) mass is 171 g/mol. The zero-order valence-electron chi connectivity index (χ0n) is 8.76. The third-order valence-corrected chi connectivity index (χ3v) is 2.19. The van der Waals surface area contributed by atoms with Crippen LogP contribution in [0.5, 0.6) is 0 Å². The van der Waals surface area contributed by atoms with Gasteiger partial charge in [0.2, 0.25) is 0 Å². The van der Waals surface area contributed by atoms with Crippen LogP contribution in [0.15, 0.2) is 0 Å². The van der Waals surface area contributed by atoms with Crippen LogP contribution in [0, 0.1) is 0 Å². The normalized spacial score (nSPS) is 27.5. The van der Waals surface area contributed by atoms with Gasteiger partial charge in [0.15, 0.2) is 0 Å². The highest BCUT2D eigenvalue weighted by atomic mass is 16.5. The second-order valence-corrected chi connectivity index (χ2v) is 4.66. The molecule has 0 bridgehead atoms. The number of hydrogen-bond acceptors (Lipinski definition) is 2. The minimum absolute atomic E-state index is 0.00370. The SMILES string of the molecule is CN1CCCC[C@H]1OC(C)(C)C. The van der Waals surface area contributed by atoms with E-state index in [0.717, 1.165) is 0 Å². The van der Waals surface area contributed by atoms with Crippen LogP contribution < -0.4 is 0 Å². The van der Waals surface area contributed by atoms with Crippen molar-refractivity contribution in [2.24, 2.45) is 0 Å². The van der Waals surface area contributed by atoms with Crippen molar-refractivity contribution in [3.63, 3.8) is 0 Å². The van der Waals surface area contributed by atoms with Crippen LogP contribution >= 0.6 is 0 Å². The summed E-state index contributed by atoms with van der Waals surface area (Å²) in [5, 5.41) is 0. The molecule has 1 aliphatic rings. The zero-order chi connectivity index (χ0) is 9.19. The summed E-state index contributed by atoms with van der Waals surface area (Å²) in [6.45, 7) is 7.54. The molecule has 72 valence electrons. The Labute approximate surface area is 75.9 Å². The minimum atomic E-state index is -0.00370. The Morgan fingerprint density at radius 2 is 1.92 bits per heavy atom. The summed E-state index contributed by atoms with van der Waals surface area (Å²) in [6.07, 6.45) is 4.16. The molecule has 1 fully saturated rings. The third-order valence-electron chi connectivity index (χ3n) is 2.19. The van der Waals surface area contributed by atoms with Crippen LogP contribution in [0.25, 0.3) is 0 Å². The highest BCUT2D eigenvalue weighted by molar-refractivity contribution is 4.70. The van der Waals surface area contributed by atoms with E-state index in [0.29, 0.717) is 6.23 Å². The first kappa shape index (κ1) is 10.0. The molecule has 1 rings (SSSR count). The topological polar surface area (TPSA) is 12.5 Å². The lowest BCUT2D eigenvalue weighted by Gasteiger charge is -2.36. The molecule has 2 nitrogen and oxygen atoms in total. The van der Waals surface area contributed by atoms with Crippen molar-refractivity contribution in [2.45, 2.75) is 51.9 Å². The van der Waals surface area contributed by atoms with Crippen molar-refractivity contribution in [1.82, 2.24) is 4.90 Å². The number of rotatable bonds is 1. The highest BCUT2D eigenvalue weighted by Gasteiger charge is 2.24. The molecular weight excluding hydrogens is 150 g/mol. The molecule has 0 aromatic heterocycles. The molecule has 1 saturated heterocycles. The van der Waals surface area contributed by atoms with Gasteiger partial charge in [-0.25, -0.2) is 0 Å². The molecule has 0 aliphatic carbocycles. The van der Waals surface area contributed by atoms with Crippen molar-refractivity contribution in [3.05, 3.63) is 0 Å². The van der Waals surface area contributed by atoms with Gasteiger partial charge >= 0.3 is 0 Å². The fraction of sp³-hybridized carbons (Fsp3) is 1.00. The Bertz CT molecular complexity index is 139. The standard InChI is InChI=1S/C10H21NO/c1-10(2,3)12-9-7-5-6-8-11(9)4/h9H,5-8H2,1-4H3/t9-/m1/s1. The van der Waals surface area contributed by atoms with E-state index in [4.69, 9.17) is 4.74 Å². The summed E-state index contributed by atoms with van der Waals surface area (Å²) in [4.78, 5) is 2.31. The van der Waals surface area contributed by atoms with Gasteiger partial charge in [0.25, 0.3) is 0 Å². The van der Waals surface area contributed by atoms with E-state index in [1.165, 1.54) is 25.8 Å².